The highest BCUT2D eigenvalue weighted by atomic mass is 35.5. The summed E-state index contributed by atoms with van der Waals surface area (Å²) in [5, 5.41) is 10.1. The second kappa shape index (κ2) is 5.85. The van der Waals surface area contributed by atoms with Gasteiger partial charge >= 0.3 is 0 Å². The molecule has 0 aliphatic carbocycles. The molecule has 0 aliphatic heterocycles. The first-order chi connectivity index (χ1) is 7.23. The third kappa shape index (κ3) is 3.98. The molecule has 0 saturated heterocycles. The largest absolute Gasteiger partial charge is 0.391 e. The molecule has 2 nitrogen and oxygen atoms in total. The molecule has 0 saturated carbocycles. The van der Waals surface area contributed by atoms with Gasteiger partial charge in [-0.15, -0.1) is 12.4 Å². The van der Waals surface area contributed by atoms with E-state index in [0.29, 0.717) is 0 Å². The summed E-state index contributed by atoms with van der Waals surface area (Å²) in [6, 6.07) is 5.80. The second-order valence-electron chi connectivity index (χ2n) is 5.68. The Morgan fingerprint density at radius 3 is 2.06 bits per heavy atom. The van der Waals surface area contributed by atoms with Crippen LogP contribution >= 0.6 is 12.4 Å². The van der Waals surface area contributed by atoms with Crippen molar-refractivity contribution in [3.63, 3.8) is 0 Å². The van der Waals surface area contributed by atoms with E-state index in [-0.39, 0.29) is 23.9 Å². The molecule has 2 atom stereocenters. The van der Waals surface area contributed by atoms with Crippen LogP contribution in [0.15, 0.2) is 18.2 Å². The summed E-state index contributed by atoms with van der Waals surface area (Å²) in [6.07, 6.45) is -0.533. The van der Waals surface area contributed by atoms with E-state index >= 15 is 0 Å². The molecule has 1 aromatic carbocycles. The molecule has 0 aromatic heterocycles. The summed E-state index contributed by atoms with van der Waals surface area (Å²) < 4.78 is 0. The fourth-order valence-corrected chi connectivity index (χ4v) is 1.69. The maximum atomic E-state index is 10.1. The van der Waals surface area contributed by atoms with E-state index in [9.17, 15) is 5.11 Å². The monoisotopic (exact) mass is 257 g/mol. The van der Waals surface area contributed by atoms with E-state index in [0.717, 1.165) is 5.56 Å². The van der Waals surface area contributed by atoms with Gasteiger partial charge in [-0.2, -0.15) is 0 Å². The lowest BCUT2D eigenvalue weighted by molar-refractivity contribution is 0.0401. The van der Waals surface area contributed by atoms with E-state index in [1.54, 1.807) is 0 Å². The molecule has 0 heterocycles. The van der Waals surface area contributed by atoms with Crippen molar-refractivity contribution >= 4 is 12.4 Å². The van der Waals surface area contributed by atoms with Gasteiger partial charge in [-0.05, 0) is 36.0 Å². The normalized spacial score (nSPS) is 15.0. The Morgan fingerprint density at radius 2 is 1.65 bits per heavy atom. The maximum Gasteiger partial charge on any atom is 0.0780 e. The molecule has 0 unspecified atom stereocenters. The second-order valence-corrected chi connectivity index (χ2v) is 5.68. The van der Waals surface area contributed by atoms with E-state index in [1.165, 1.54) is 11.1 Å². The van der Waals surface area contributed by atoms with Crippen molar-refractivity contribution in [2.45, 2.75) is 46.8 Å². The quantitative estimate of drug-likeness (QED) is 0.855. The molecule has 1 rings (SSSR count). The lowest BCUT2D eigenvalue weighted by Gasteiger charge is -2.31. The Labute approximate surface area is 111 Å². The first kappa shape index (κ1) is 16.4. The summed E-state index contributed by atoms with van der Waals surface area (Å²) >= 11 is 0. The highest BCUT2D eigenvalue weighted by Crippen LogP contribution is 2.29. The zero-order valence-corrected chi connectivity index (χ0v) is 12.1. The van der Waals surface area contributed by atoms with Crippen molar-refractivity contribution < 1.29 is 5.11 Å². The first-order valence-corrected chi connectivity index (χ1v) is 5.74. The van der Waals surface area contributed by atoms with Gasteiger partial charge in [0.25, 0.3) is 0 Å². The smallest absolute Gasteiger partial charge is 0.0780 e. The zero-order valence-electron chi connectivity index (χ0n) is 11.3. The van der Waals surface area contributed by atoms with E-state index in [2.05, 4.69) is 26.0 Å². The Morgan fingerprint density at radius 1 is 1.12 bits per heavy atom. The summed E-state index contributed by atoms with van der Waals surface area (Å²) in [6.45, 7) is 10.1. The van der Waals surface area contributed by atoms with Gasteiger partial charge in [0.1, 0.15) is 0 Å². The fourth-order valence-electron chi connectivity index (χ4n) is 1.69. The summed E-state index contributed by atoms with van der Waals surface area (Å²) in [5.41, 5.74) is 9.37. The Kier molecular flexibility index (Phi) is 5.66. The van der Waals surface area contributed by atoms with Gasteiger partial charge in [0.15, 0.2) is 0 Å². The van der Waals surface area contributed by atoms with Crippen LogP contribution in [0.1, 0.15) is 43.5 Å². The van der Waals surface area contributed by atoms with Crippen molar-refractivity contribution in [2.24, 2.45) is 11.1 Å². The number of aliphatic hydroxyl groups is 1. The zero-order chi connectivity index (χ0) is 12.5. The molecular weight excluding hydrogens is 234 g/mol. The summed E-state index contributed by atoms with van der Waals surface area (Å²) in [5.74, 6) is 0. The number of aryl methyl sites for hydroxylation is 2. The minimum Gasteiger partial charge on any atom is -0.391 e. The molecule has 3 heteroatoms. The Hall–Kier alpha value is -0.570. The van der Waals surface area contributed by atoms with Crippen LogP contribution in [0, 0.1) is 19.3 Å². The predicted molar refractivity (Wildman–Crippen MR) is 75.6 cm³/mol. The van der Waals surface area contributed by atoms with E-state index in [4.69, 9.17) is 5.73 Å². The van der Waals surface area contributed by atoms with E-state index < -0.39 is 6.10 Å². The number of halogens is 1. The van der Waals surface area contributed by atoms with Crippen LogP contribution < -0.4 is 5.73 Å². The number of benzene rings is 1. The van der Waals surface area contributed by atoms with Gasteiger partial charge in [0.2, 0.25) is 0 Å². The first-order valence-electron chi connectivity index (χ1n) is 5.74. The van der Waals surface area contributed by atoms with Gasteiger partial charge in [-0.3, -0.25) is 0 Å². The molecule has 0 aliphatic rings. The highest BCUT2D eigenvalue weighted by molar-refractivity contribution is 5.85. The molecule has 0 radical (unpaired) electrons. The molecule has 0 amide bonds. The van der Waals surface area contributed by atoms with Crippen LogP contribution in [-0.4, -0.2) is 11.2 Å². The van der Waals surface area contributed by atoms with Crippen molar-refractivity contribution in [3.05, 3.63) is 34.9 Å². The summed E-state index contributed by atoms with van der Waals surface area (Å²) in [7, 11) is 0. The van der Waals surface area contributed by atoms with Crippen LogP contribution in [0.25, 0.3) is 0 Å². The van der Waals surface area contributed by atoms with Crippen LogP contribution in [0.5, 0.6) is 0 Å². The minimum absolute atomic E-state index is 0. The molecule has 0 fully saturated rings. The molecule has 98 valence electrons. The average molecular weight is 258 g/mol. The lowest BCUT2D eigenvalue weighted by atomic mass is 9.82. The Bertz CT molecular complexity index is 371. The lowest BCUT2D eigenvalue weighted by Crippen LogP contribution is -2.37. The van der Waals surface area contributed by atoms with Gasteiger partial charge in [-0.25, -0.2) is 0 Å². The summed E-state index contributed by atoms with van der Waals surface area (Å²) in [4.78, 5) is 0. The van der Waals surface area contributed by atoms with Gasteiger partial charge in [0, 0.05) is 0 Å². The molecular formula is C14H24ClNO. The number of rotatable bonds is 2. The van der Waals surface area contributed by atoms with Crippen LogP contribution in [0.2, 0.25) is 0 Å². The molecule has 1 aromatic rings. The minimum atomic E-state index is -0.533. The highest BCUT2D eigenvalue weighted by Gasteiger charge is 2.28. The third-order valence-electron chi connectivity index (χ3n) is 3.14. The SMILES string of the molecule is Cc1ccc([C@H](N)[C@H](O)C(C)(C)C)cc1C.Cl. The van der Waals surface area contributed by atoms with Crippen molar-refractivity contribution in [1.29, 1.82) is 0 Å². The van der Waals surface area contributed by atoms with Crippen LogP contribution in [0.4, 0.5) is 0 Å². The van der Waals surface area contributed by atoms with Crippen molar-refractivity contribution in [2.75, 3.05) is 0 Å². The third-order valence-corrected chi connectivity index (χ3v) is 3.14. The van der Waals surface area contributed by atoms with E-state index in [1.807, 2.05) is 26.8 Å². The van der Waals surface area contributed by atoms with Gasteiger partial charge < -0.3 is 10.8 Å². The number of nitrogens with two attached hydrogens (primary N) is 1. The van der Waals surface area contributed by atoms with Crippen molar-refractivity contribution in [1.82, 2.24) is 0 Å². The fraction of sp³-hybridized carbons (Fsp3) is 0.571. The topological polar surface area (TPSA) is 46.2 Å². The molecule has 3 N–H and O–H groups in total. The van der Waals surface area contributed by atoms with Crippen LogP contribution in [0.3, 0.4) is 0 Å². The predicted octanol–water partition coefficient (Wildman–Crippen LogP) is 3.13. The van der Waals surface area contributed by atoms with Gasteiger partial charge in [0.05, 0.1) is 12.1 Å². The average Bonchev–Trinajstić information content (AvgIpc) is 2.18. The molecule has 0 spiro atoms. The standard InChI is InChI=1S/C14H23NO.ClH/c1-9-6-7-11(8-10(9)2)12(15)13(16)14(3,4)5;/h6-8,12-13,16H,15H2,1-5H3;1H/t12-,13-;/m0./s1. The number of hydrogen-bond acceptors (Lipinski definition) is 2. The van der Waals surface area contributed by atoms with Gasteiger partial charge in [-0.1, -0.05) is 39.0 Å². The van der Waals surface area contributed by atoms with Crippen molar-refractivity contribution in [3.8, 4) is 0 Å². The number of hydrogen-bond donors (Lipinski definition) is 2. The van der Waals surface area contributed by atoms with Crippen LogP contribution in [-0.2, 0) is 0 Å². The Balaban J connectivity index is 0.00000256. The maximum absolute atomic E-state index is 10.1. The molecule has 17 heavy (non-hydrogen) atoms. The number of aliphatic hydroxyl groups excluding tert-OH is 1. The molecule has 0 bridgehead atoms.